The minimum absolute atomic E-state index is 0.338. The highest BCUT2D eigenvalue weighted by molar-refractivity contribution is 5.48. The Hall–Kier alpha value is -2.68. The molecule has 4 heterocycles. The third kappa shape index (κ3) is 3.78. The summed E-state index contributed by atoms with van der Waals surface area (Å²) >= 11 is 0. The molecular weight excluding hydrogens is 360 g/mol. The van der Waals surface area contributed by atoms with Gasteiger partial charge >= 0.3 is 0 Å². The van der Waals surface area contributed by atoms with E-state index in [0.29, 0.717) is 22.9 Å². The molecule has 152 valence electrons. The molecule has 2 aromatic rings. The monoisotopic (exact) mass is 390 g/mol. The lowest BCUT2D eigenvalue weighted by Gasteiger charge is -2.39. The van der Waals surface area contributed by atoms with E-state index in [0.717, 1.165) is 55.5 Å². The molecule has 2 aliphatic rings. The summed E-state index contributed by atoms with van der Waals surface area (Å²) in [7, 11) is 0. The maximum Gasteiger partial charge on any atom is 0.151 e. The molecule has 4 rings (SSSR count). The van der Waals surface area contributed by atoms with Crippen LogP contribution >= 0.6 is 0 Å². The maximum absolute atomic E-state index is 9.17. The third-order valence-corrected chi connectivity index (χ3v) is 6.66. The standard InChI is InChI=1S/C23H30N6/c1-16(2)20-6-8-22(27-26-20)28-11-9-23(10-12-28)13-17(3)29(15-23)21-7-5-19(14-24)18(4)25-21/h5-8,16-17H,9-13,15H2,1-4H3. The van der Waals surface area contributed by atoms with Crippen LogP contribution in [0.5, 0.6) is 0 Å². The van der Waals surface area contributed by atoms with Crippen molar-refractivity contribution in [1.82, 2.24) is 15.2 Å². The number of hydrogen-bond acceptors (Lipinski definition) is 6. The van der Waals surface area contributed by atoms with Crippen LogP contribution in [0.15, 0.2) is 24.3 Å². The number of aryl methyl sites for hydroxylation is 1. The molecule has 0 aliphatic carbocycles. The molecule has 29 heavy (non-hydrogen) atoms. The smallest absolute Gasteiger partial charge is 0.151 e. The molecule has 1 spiro atoms. The number of pyridine rings is 1. The second-order valence-electron chi connectivity index (χ2n) is 9.05. The molecule has 2 saturated heterocycles. The molecule has 0 aromatic carbocycles. The van der Waals surface area contributed by atoms with E-state index in [9.17, 15) is 0 Å². The first-order valence-corrected chi connectivity index (χ1v) is 10.6. The fourth-order valence-electron chi connectivity index (χ4n) is 4.84. The Bertz CT molecular complexity index is 906. The summed E-state index contributed by atoms with van der Waals surface area (Å²) in [5.74, 6) is 2.41. The van der Waals surface area contributed by atoms with Gasteiger partial charge < -0.3 is 9.80 Å². The van der Waals surface area contributed by atoms with Crippen molar-refractivity contribution in [3.63, 3.8) is 0 Å². The maximum atomic E-state index is 9.17. The molecule has 0 radical (unpaired) electrons. The average molecular weight is 391 g/mol. The number of nitriles is 1. The summed E-state index contributed by atoms with van der Waals surface area (Å²) in [6.45, 7) is 11.6. The van der Waals surface area contributed by atoms with Gasteiger partial charge in [0.2, 0.25) is 0 Å². The zero-order valence-electron chi connectivity index (χ0n) is 17.9. The largest absolute Gasteiger partial charge is 0.355 e. The highest BCUT2D eigenvalue weighted by atomic mass is 15.3. The lowest BCUT2D eigenvalue weighted by molar-refractivity contribution is 0.244. The first-order chi connectivity index (χ1) is 13.9. The van der Waals surface area contributed by atoms with Crippen LogP contribution in [0.25, 0.3) is 0 Å². The van der Waals surface area contributed by atoms with Gasteiger partial charge in [0.05, 0.1) is 17.0 Å². The van der Waals surface area contributed by atoms with E-state index in [1.54, 1.807) is 0 Å². The topological polar surface area (TPSA) is 68.9 Å². The van der Waals surface area contributed by atoms with Gasteiger partial charge in [-0.05, 0) is 68.7 Å². The molecule has 0 amide bonds. The van der Waals surface area contributed by atoms with Gasteiger partial charge in [0, 0.05) is 25.7 Å². The van der Waals surface area contributed by atoms with E-state index < -0.39 is 0 Å². The third-order valence-electron chi connectivity index (χ3n) is 6.66. The van der Waals surface area contributed by atoms with Crippen LogP contribution in [0.4, 0.5) is 11.6 Å². The predicted molar refractivity (Wildman–Crippen MR) is 115 cm³/mol. The summed E-state index contributed by atoms with van der Waals surface area (Å²) < 4.78 is 0. The van der Waals surface area contributed by atoms with Crippen LogP contribution in [0, 0.1) is 23.7 Å². The second-order valence-corrected chi connectivity index (χ2v) is 9.05. The fourth-order valence-corrected chi connectivity index (χ4v) is 4.84. The Morgan fingerprint density at radius 3 is 2.41 bits per heavy atom. The molecule has 1 unspecified atom stereocenters. The van der Waals surface area contributed by atoms with Gasteiger partial charge in [-0.15, -0.1) is 5.10 Å². The van der Waals surface area contributed by atoms with E-state index in [1.165, 1.54) is 6.42 Å². The second kappa shape index (κ2) is 7.62. The van der Waals surface area contributed by atoms with Crippen molar-refractivity contribution in [3.05, 3.63) is 41.2 Å². The summed E-state index contributed by atoms with van der Waals surface area (Å²) in [4.78, 5) is 9.52. The van der Waals surface area contributed by atoms with Gasteiger partial charge in [0.25, 0.3) is 0 Å². The fraction of sp³-hybridized carbons (Fsp3) is 0.565. The summed E-state index contributed by atoms with van der Waals surface area (Å²) in [6, 6.07) is 10.8. The number of aromatic nitrogens is 3. The Morgan fingerprint density at radius 1 is 1.10 bits per heavy atom. The first-order valence-electron chi connectivity index (χ1n) is 10.6. The van der Waals surface area contributed by atoms with E-state index in [1.807, 2.05) is 19.1 Å². The quantitative estimate of drug-likeness (QED) is 0.787. The molecule has 2 aliphatic heterocycles. The van der Waals surface area contributed by atoms with E-state index >= 15 is 0 Å². The highest BCUT2D eigenvalue weighted by Gasteiger charge is 2.44. The van der Waals surface area contributed by atoms with Gasteiger partial charge in [0.15, 0.2) is 5.82 Å². The predicted octanol–water partition coefficient (Wildman–Crippen LogP) is 4.06. The van der Waals surface area contributed by atoms with Gasteiger partial charge in [-0.2, -0.15) is 10.4 Å². The number of nitrogens with zero attached hydrogens (tertiary/aromatic N) is 6. The Balaban J connectivity index is 1.43. The SMILES string of the molecule is Cc1nc(N2CC3(CCN(c4ccc(C(C)C)nn4)CC3)CC2C)ccc1C#N. The van der Waals surface area contributed by atoms with Crippen molar-refractivity contribution < 1.29 is 0 Å². The number of hydrogen-bond donors (Lipinski definition) is 0. The van der Waals surface area contributed by atoms with Crippen molar-refractivity contribution in [3.8, 4) is 6.07 Å². The van der Waals surface area contributed by atoms with Crippen molar-refractivity contribution in [2.24, 2.45) is 5.41 Å². The van der Waals surface area contributed by atoms with Crippen LogP contribution < -0.4 is 9.80 Å². The van der Waals surface area contributed by atoms with Crippen molar-refractivity contribution in [1.29, 1.82) is 5.26 Å². The van der Waals surface area contributed by atoms with Crippen molar-refractivity contribution in [2.75, 3.05) is 29.4 Å². The van der Waals surface area contributed by atoms with Crippen LogP contribution in [-0.2, 0) is 0 Å². The van der Waals surface area contributed by atoms with Crippen LogP contribution in [-0.4, -0.2) is 40.9 Å². The van der Waals surface area contributed by atoms with Crippen molar-refractivity contribution in [2.45, 2.75) is 58.9 Å². The Kier molecular flexibility index (Phi) is 5.16. The molecule has 0 bridgehead atoms. The summed E-state index contributed by atoms with van der Waals surface area (Å²) in [5, 5.41) is 18.0. The number of piperidine rings is 1. The highest BCUT2D eigenvalue weighted by Crippen LogP contribution is 2.45. The molecule has 1 atom stereocenters. The zero-order chi connectivity index (χ0) is 20.6. The molecular formula is C23H30N6. The zero-order valence-corrected chi connectivity index (χ0v) is 17.9. The molecule has 6 heteroatoms. The van der Waals surface area contributed by atoms with Gasteiger partial charge in [-0.3, -0.25) is 0 Å². The normalized spacial score (nSPS) is 21.0. The van der Waals surface area contributed by atoms with E-state index in [-0.39, 0.29) is 0 Å². The van der Waals surface area contributed by atoms with Crippen LogP contribution in [0.2, 0.25) is 0 Å². The minimum Gasteiger partial charge on any atom is -0.355 e. The molecule has 6 nitrogen and oxygen atoms in total. The molecule has 0 N–H and O–H groups in total. The van der Waals surface area contributed by atoms with Gasteiger partial charge in [0.1, 0.15) is 11.9 Å². The van der Waals surface area contributed by atoms with Crippen LogP contribution in [0.3, 0.4) is 0 Å². The Labute approximate surface area is 173 Å². The van der Waals surface area contributed by atoms with E-state index in [2.05, 4.69) is 59.0 Å². The average Bonchev–Trinajstić information content (AvgIpc) is 3.04. The van der Waals surface area contributed by atoms with Crippen LogP contribution in [0.1, 0.15) is 62.9 Å². The number of anilines is 2. The lowest BCUT2D eigenvalue weighted by atomic mass is 9.77. The molecule has 2 aromatic heterocycles. The Morgan fingerprint density at radius 2 is 1.83 bits per heavy atom. The molecule has 0 saturated carbocycles. The lowest BCUT2D eigenvalue weighted by Crippen LogP contribution is -2.42. The number of rotatable bonds is 3. The first kappa shape index (κ1) is 19.6. The summed E-state index contributed by atoms with van der Waals surface area (Å²) in [5.41, 5.74) is 2.86. The van der Waals surface area contributed by atoms with Crippen molar-refractivity contribution >= 4 is 11.6 Å². The van der Waals surface area contributed by atoms with Gasteiger partial charge in [-0.1, -0.05) is 13.8 Å². The van der Waals surface area contributed by atoms with E-state index in [4.69, 9.17) is 10.2 Å². The summed E-state index contributed by atoms with van der Waals surface area (Å²) in [6.07, 6.45) is 3.52. The van der Waals surface area contributed by atoms with Gasteiger partial charge in [-0.25, -0.2) is 4.98 Å². The molecule has 2 fully saturated rings. The minimum atomic E-state index is 0.338.